The maximum Gasteiger partial charge on any atom is 0.335 e. The van der Waals surface area contributed by atoms with Gasteiger partial charge in [0.1, 0.15) is 0 Å². The van der Waals surface area contributed by atoms with E-state index in [9.17, 15) is 19.8 Å². The van der Waals surface area contributed by atoms with Crippen molar-refractivity contribution in [3.05, 3.63) is 0 Å². The van der Waals surface area contributed by atoms with Gasteiger partial charge in [0.15, 0.2) is 11.2 Å². The minimum Gasteiger partial charge on any atom is -0.479 e. The molecule has 0 rings (SSSR count). The van der Waals surface area contributed by atoms with E-state index in [0.717, 1.165) is 0 Å². The van der Waals surface area contributed by atoms with Crippen LogP contribution in [0.4, 0.5) is 0 Å². The first-order valence-electron chi connectivity index (χ1n) is 7.64. The van der Waals surface area contributed by atoms with Crippen molar-refractivity contribution >= 4 is 11.9 Å². The number of ether oxygens (including phenoxy) is 2. The number of carboxylic acid groups (broad SMARTS) is 2. The highest BCUT2D eigenvalue weighted by Gasteiger charge is 2.41. The van der Waals surface area contributed by atoms with Crippen LogP contribution in [0, 0.1) is 0 Å². The number of methoxy groups -OCH3 is 2. The summed E-state index contributed by atoms with van der Waals surface area (Å²) in [6.07, 6.45) is 0.234. The van der Waals surface area contributed by atoms with Gasteiger partial charge in [-0.1, -0.05) is 0 Å². The number of carbonyl (C=O) groups is 2. The number of hydrogen-bond acceptors (Lipinski definition) is 6. The van der Waals surface area contributed by atoms with Crippen LogP contribution in [0.1, 0.15) is 54.4 Å². The molecular weight excluding hydrogens is 316 g/mol. The molecule has 24 heavy (non-hydrogen) atoms. The topological polar surface area (TPSA) is 118 Å². The summed E-state index contributed by atoms with van der Waals surface area (Å²) in [4.78, 5) is 22.7. The Bertz CT molecular complexity index is 459. The molecule has 0 amide bonds. The maximum atomic E-state index is 11.4. The van der Waals surface area contributed by atoms with Crippen molar-refractivity contribution in [1.82, 2.24) is 0 Å². The SMILES string of the molecule is COC(C)(CC(C)(C)N=NC(C)(C)CC(C)(OC)C(=O)O)C(=O)O. The monoisotopic (exact) mass is 346 g/mol. The van der Waals surface area contributed by atoms with E-state index in [0.29, 0.717) is 0 Å². The number of rotatable bonds is 10. The third-order valence-electron chi connectivity index (χ3n) is 3.94. The molecule has 0 bridgehead atoms. The Morgan fingerprint density at radius 2 is 1.00 bits per heavy atom. The molecule has 8 heteroatoms. The Labute approximate surface area is 143 Å². The van der Waals surface area contributed by atoms with Gasteiger partial charge in [-0.05, 0) is 41.5 Å². The van der Waals surface area contributed by atoms with E-state index < -0.39 is 34.2 Å². The molecule has 0 aromatic rings. The molecule has 0 radical (unpaired) electrons. The van der Waals surface area contributed by atoms with Crippen LogP contribution >= 0.6 is 0 Å². The first kappa shape index (κ1) is 22.5. The molecule has 0 saturated heterocycles. The van der Waals surface area contributed by atoms with Crippen molar-refractivity contribution in [2.45, 2.75) is 76.7 Å². The molecule has 2 N–H and O–H groups in total. The Kier molecular flexibility index (Phi) is 7.08. The van der Waals surface area contributed by atoms with Crippen molar-refractivity contribution in [3.63, 3.8) is 0 Å². The van der Waals surface area contributed by atoms with Crippen molar-refractivity contribution in [1.29, 1.82) is 0 Å². The van der Waals surface area contributed by atoms with Gasteiger partial charge in [-0.3, -0.25) is 0 Å². The van der Waals surface area contributed by atoms with Crippen LogP contribution in [-0.4, -0.2) is 58.7 Å². The third kappa shape index (κ3) is 6.16. The summed E-state index contributed by atoms with van der Waals surface area (Å²) in [5.41, 5.74) is -4.36. The normalized spacial score (nSPS) is 18.2. The summed E-state index contributed by atoms with van der Waals surface area (Å²) in [5.74, 6) is -2.16. The highest BCUT2D eigenvalue weighted by Crippen LogP contribution is 2.31. The van der Waals surface area contributed by atoms with Crippen LogP contribution in [-0.2, 0) is 19.1 Å². The molecule has 0 aliphatic heterocycles. The first-order chi connectivity index (χ1) is 10.6. The van der Waals surface area contributed by atoms with Crippen molar-refractivity contribution in [2.75, 3.05) is 14.2 Å². The molecule has 2 unspecified atom stereocenters. The van der Waals surface area contributed by atoms with Crippen LogP contribution in [0.5, 0.6) is 0 Å². The lowest BCUT2D eigenvalue weighted by Crippen LogP contribution is -2.44. The molecule has 2 atom stereocenters. The minimum atomic E-state index is -1.38. The van der Waals surface area contributed by atoms with Gasteiger partial charge < -0.3 is 19.7 Å². The van der Waals surface area contributed by atoms with Gasteiger partial charge >= 0.3 is 11.9 Å². The van der Waals surface area contributed by atoms with Gasteiger partial charge in [-0.2, -0.15) is 10.2 Å². The average molecular weight is 346 g/mol. The minimum absolute atomic E-state index is 0.117. The van der Waals surface area contributed by atoms with E-state index in [1.165, 1.54) is 28.1 Å². The van der Waals surface area contributed by atoms with Crippen molar-refractivity contribution in [2.24, 2.45) is 10.2 Å². The predicted octanol–water partition coefficient (Wildman–Crippen LogP) is 2.76. The smallest absolute Gasteiger partial charge is 0.335 e. The molecule has 0 aliphatic rings. The van der Waals surface area contributed by atoms with E-state index in [1.54, 1.807) is 27.7 Å². The Morgan fingerprint density at radius 1 is 0.750 bits per heavy atom. The average Bonchev–Trinajstić information content (AvgIpc) is 2.44. The molecule has 8 nitrogen and oxygen atoms in total. The summed E-state index contributed by atoms with van der Waals surface area (Å²) in [6.45, 7) is 9.95. The predicted molar refractivity (Wildman–Crippen MR) is 88.3 cm³/mol. The van der Waals surface area contributed by atoms with Gasteiger partial charge in [-0.15, -0.1) is 0 Å². The lowest BCUT2D eigenvalue weighted by Gasteiger charge is -2.33. The van der Waals surface area contributed by atoms with E-state index in [2.05, 4.69) is 10.2 Å². The molecule has 0 aromatic carbocycles. The van der Waals surface area contributed by atoms with E-state index >= 15 is 0 Å². The summed E-state index contributed by atoms with van der Waals surface area (Å²) >= 11 is 0. The third-order valence-corrected chi connectivity index (χ3v) is 3.94. The number of nitrogens with zero attached hydrogens (tertiary/aromatic N) is 2. The van der Waals surface area contributed by atoms with Gasteiger partial charge in [0.25, 0.3) is 0 Å². The lowest BCUT2D eigenvalue weighted by atomic mass is 9.88. The molecule has 140 valence electrons. The Balaban J connectivity index is 5.27. The number of azo groups is 1. The van der Waals surface area contributed by atoms with Crippen LogP contribution in [0.15, 0.2) is 10.2 Å². The van der Waals surface area contributed by atoms with E-state index in [1.807, 2.05) is 0 Å². The molecule has 0 heterocycles. The summed E-state index contributed by atoms with van der Waals surface area (Å²) in [7, 11) is 2.67. The second-order valence-corrected chi connectivity index (χ2v) is 7.66. The summed E-state index contributed by atoms with van der Waals surface area (Å²) < 4.78 is 10.2. The largest absolute Gasteiger partial charge is 0.479 e. The van der Waals surface area contributed by atoms with Gasteiger partial charge in [0, 0.05) is 27.1 Å². The molecular formula is C16H30N2O6. The number of carboxylic acids is 2. The van der Waals surface area contributed by atoms with E-state index in [4.69, 9.17) is 9.47 Å². The maximum absolute atomic E-state index is 11.4. The second-order valence-electron chi connectivity index (χ2n) is 7.66. The first-order valence-corrected chi connectivity index (χ1v) is 7.64. The highest BCUT2D eigenvalue weighted by atomic mass is 16.5. The molecule has 0 aromatic heterocycles. The van der Waals surface area contributed by atoms with E-state index in [-0.39, 0.29) is 12.8 Å². The van der Waals surface area contributed by atoms with Crippen molar-refractivity contribution < 1.29 is 29.3 Å². The zero-order valence-electron chi connectivity index (χ0n) is 15.8. The van der Waals surface area contributed by atoms with Crippen LogP contribution in [0.25, 0.3) is 0 Å². The van der Waals surface area contributed by atoms with Crippen LogP contribution in [0.3, 0.4) is 0 Å². The quantitative estimate of drug-likeness (QED) is 0.587. The second kappa shape index (κ2) is 7.57. The Hall–Kier alpha value is -1.54. The fourth-order valence-corrected chi connectivity index (χ4v) is 2.46. The highest BCUT2D eigenvalue weighted by molar-refractivity contribution is 5.77. The van der Waals surface area contributed by atoms with Gasteiger partial charge in [0.05, 0.1) is 11.1 Å². The fraction of sp³-hybridized carbons (Fsp3) is 0.875. The molecule has 0 saturated carbocycles. The zero-order chi connectivity index (χ0) is 19.4. The summed E-state index contributed by atoms with van der Waals surface area (Å²) in [6, 6.07) is 0. The fourth-order valence-electron chi connectivity index (χ4n) is 2.46. The van der Waals surface area contributed by atoms with Gasteiger partial charge in [-0.25, -0.2) is 9.59 Å². The van der Waals surface area contributed by atoms with Crippen molar-refractivity contribution in [3.8, 4) is 0 Å². The lowest BCUT2D eigenvalue weighted by molar-refractivity contribution is -0.163. The molecule has 0 aliphatic carbocycles. The zero-order valence-corrected chi connectivity index (χ0v) is 15.8. The Morgan fingerprint density at radius 3 is 1.17 bits per heavy atom. The molecule has 0 fully saturated rings. The summed E-state index contributed by atoms with van der Waals surface area (Å²) in [5, 5.41) is 27.1. The number of hydrogen-bond donors (Lipinski definition) is 2. The van der Waals surface area contributed by atoms with Crippen LogP contribution < -0.4 is 0 Å². The van der Waals surface area contributed by atoms with Crippen LogP contribution in [0.2, 0.25) is 0 Å². The van der Waals surface area contributed by atoms with Gasteiger partial charge in [0.2, 0.25) is 0 Å². The number of aliphatic carboxylic acids is 2. The standard InChI is InChI=1S/C16H30N2O6/c1-13(2,9-15(5,23-7)11(19)20)17-18-14(3,4)10-16(6,24-8)12(21)22/h9-10H2,1-8H3,(H,19,20)(H,21,22). The molecule has 0 spiro atoms.